The molecule has 0 radical (unpaired) electrons. The van der Waals surface area contributed by atoms with Crippen LogP contribution >= 0.6 is 0 Å². The van der Waals surface area contributed by atoms with Gasteiger partial charge in [-0.25, -0.2) is 4.79 Å². The van der Waals surface area contributed by atoms with Crippen LogP contribution in [-0.2, 0) is 4.74 Å². The van der Waals surface area contributed by atoms with E-state index in [1.807, 2.05) is 4.90 Å². The first kappa shape index (κ1) is 8.81. The molecule has 0 spiro atoms. The Labute approximate surface area is 78.2 Å². The number of ether oxygens (including phenoxy) is 1. The monoisotopic (exact) mass is 184 g/mol. The molecule has 1 atom stereocenters. The van der Waals surface area contributed by atoms with Gasteiger partial charge in [0, 0.05) is 32.2 Å². The predicted octanol–water partition coefficient (Wildman–Crippen LogP) is 0.438. The van der Waals surface area contributed by atoms with Crippen molar-refractivity contribution in [2.24, 2.45) is 5.92 Å². The second kappa shape index (κ2) is 3.96. The molecule has 2 rings (SSSR count). The predicted molar refractivity (Wildman–Crippen MR) is 48.5 cm³/mol. The zero-order chi connectivity index (χ0) is 9.10. The molecule has 0 aromatic carbocycles. The normalized spacial score (nSPS) is 29.1. The number of carbonyl (C=O) groups is 1. The molecule has 2 fully saturated rings. The summed E-state index contributed by atoms with van der Waals surface area (Å²) < 4.78 is 5.28. The number of rotatable bonds is 2. The van der Waals surface area contributed by atoms with Gasteiger partial charge in [-0.2, -0.15) is 0 Å². The summed E-state index contributed by atoms with van der Waals surface area (Å²) >= 11 is 0. The van der Waals surface area contributed by atoms with Gasteiger partial charge in [-0.3, -0.25) is 0 Å². The number of carbonyl (C=O) groups excluding carboxylic acids is 1. The Morgan fingerprint density at radius 1 is 1.62 bits per heavy atom. The average Bonchev–Trinajstić information content (AvgIpc) is 2.61. The second-order valence-electron chi connectivity index (χ2n) is 3.76. The van der Waals surface area contributed by atoms with Crippen molar-refractivity contribution >= 4 is 6.03 Å². The maximum absolute atomic E-state index is 11.4. The molecule has 4 heteroatoms. The molecule has 4 nitrogen and oxygen atoms in total. The highest BCUT2D eigenvalue weighted by molar-refractivity contribution is 5.74. The van der Waals surface area contributed by atoms with Crippen LogP contribution in [0.5, 0.6) is 0 Å². The molecule has 2 aliphatic rings. The van der Waals surface area contributed by atoms with E-state index in [1.165, 1.54) is 0 Å². The summed E-state index contributed by atoms with van der Waals surface area (Å²) in [6.07, 6.45) is 2.17. The quantitative estimate of drug-likeness (QED) is 0.676. The average molecular weight is 184 g/mol. The zero-order valence-electron chi connectivity index (χ0n) is 7.79. The first-order valence-corrected chi connectivity index (χ1v) is 4.97. The Morgan fingerprint density at radius 2 is 2.54 bits per heavy atom. The van der Waals surface area contributed by atoms with Crippen LogP contribution in [0.3, 0.4) is 0 Å². The topological polar surface area (TPSA) is 41.6 Å². The summed E-state index contributed by atoms with van der Waals surface area (Å²) in [5.41, 5.74) is 0. The summed E-state index contributed by atoms with van der Waals surface area (Å²) in [5.74, 6) is 0.559. The molecule has 2 amide bonds. The van der Waals surface area contributed by atoms with E-state index in [-0.39, 0.29) is 6.03 Å². The van der Waals surface area contributed by atoms with Crippen molar-refractivity contribution in [2.75, 3.05) is 32.8 Å². The van der Waals surface area contributed by atoms with E-state index >= 15 is 0 Å². The number of amides is 2. The third kappa shape index (κ3) is 2.12. The third-order valence-electron chi connectivity index (χ3n) is 2.67. The number of nitrogens with zero attached hydrogens (tertiary/aromatic N) is 1. The molecule has 1 N–H and O–H groups in total. The van der Waals surface area contributed by atoms with Gasteiger partial charge in [0.1, 0.15) is 0 Å². The maximum Gasteiger partial charge on any atom is 0.317 e. The van der Waals surface area contributed by atoms with E-state index in [0.717, 1.165) is 45.7 Å². The summed E-state index contributed by atoms with van der Waals surface area (Å²) in [5, 5.41) is 2.85. The molecule has 0 aliphatic carbocycles. The third-order valence-corrected chi connectivity index (χ3v) is 2.67. The minimum absolute atomic E-state index is 0.0955. The van der Waals surface area contributed by atoms with Crippen molar-refractivity contribution in [3.05, 3.63) is 0 Å². The number of nitrogens with one attached hydrogen (secondary N) is 1. The van der Waals surface area contributed by atoms with Crippen molar-refractivity contribution < 1.29 is 9.53 Å². The van der Waals surface area contributed by atoms with Crippen LogP contribution in [0.25, 0.3) is 0 Å². The lowest BCUT2D eigenvalue weighted by Gasteiger charge is -2.29. The number of hydrogen-bond acceptors (Lipinski definition) is 2. The largest absolute Gasteiger partial charge is 0.381 e. The van der Waals surface area contributed by atoms with E-state index in [0.29, 0.717) is 5.92 Å². The standard InChI is InChI=1S/C9H16N2O2/c12-9-10-3-1-4-11(9)6-8-2-5-13-7-8/h8H,1-7H2,(H,10,12). The van der Waals surface area contributed by atoms with E-state index in [2.05, 4.69) is 5.32 Å². The zero-order valence-corrected chi connectivity index (χ0v) is 7.79. The van der Waals surface area contributed by atoms with Crippen molar-refractivity contribution in [3.63, 3.8) is 0 Å². The van der Waals surface area contributed by atoms with E-state index in [1.54, 1.807) is 0 Å². The highest BCUT2D eigenvalue weighted by Gasteiger charge is 2.23. The molecule has 0 aromatic heterocycles. The lowest BCUT2D eigenvalue weighted by molar-refractivity contribution is 0.157. The van der Waals surface area contributed by atoms with E-state index < -0.39 is 0 Å². The van der Waals surface area contributed by atoms with Crippen molar-refractivity contribution in [1.82, 2.24) is 10.2 Å². The Bertz CT molecular complexity index is 190. The van der Waals surface area contributed by atoms with Crippen molar-refractivity contribution in [3.8, 4) is 0 Å². The molecule has 0 saturated carbocycles. The van der Waals surface area contributed by atoms with Crippen molar-refractivity contribution in [2.45, 2.75) is 12.8 Å². The Morgan fingerprint density at radius 3 is 3.23 bits per heavy atom. The molecule has 1 unspecified atom stereocenters. The fourth-order valence-corrected chi connectivity index (χ4v) is 1.89. The van der Waals surface area contributed by atoms with Crippen molar-refractivity contribution in [1.29, 1.82) is 0 Å². The van der Waals surface area contributed by atoms with Gasteiger partial charge in [-0.1, -0.05) is 0 Å². The van der Waals surface area contributed by atoms with Gasteiger partial charge in [0.15, 0.2) is 0 Å². The van der Waals surface area contributed by atoms with E-state index in [4.69, 9.17) is 4.74 Å². The molecule has 0 aromatic rings. The SMILES string of the molecule is O=C1NCCCN1CC1CCOC1. The van der Waals surface area contributed by atoms with Crippen LogP contribution < -0.4 is 5.32 Å². The Kier molecular flexibility index (Phi) is 2.68. The van der Waals surface area contributed by atoms with Gasteiger partial charge in [0.25, 0.3) is 0 Å². The van der Waals surface area contributed by atoms with E-state index in [9.17, 15) is 4.79 Å². The molecular weight excluding hydrogens is 168 g/mol. The summed E-state index contributed by atoms with van der Waals surface area (Å²) in [6, 6.07) is 0.0955. The highest BCUT2D eigenvalue weighted by Crippen LogP contribution is 2.14. The minimum Gasteiger partial charge on any atom is -0.381 e. The summed E-state index contributed by atoms with van der Waals surface area (Å²) in [6.45, 7) is 4.29. The van der Waals surface area contributed by atoms with Crippen LogP contribution in [-0.4, -0.2) is 43.8 Å². The second-order valence-corrected chi connectivity index (χ2v) is 3.76. The fourth-order valence-electron chi connectivity index (χ4n) is 1.89. The van der Waals surface area contributed by atoms with Gasteiger partial charge in [0.2, 0.25) is 0 Å². The van der Waals surface area contributed by atoms with Gasteiger partial charge < -0.3 is 15.0 Å². The molecule has 2 aliphatic heterocycles. The van der Waals surface area contributed by atoms with Gasteiger partial charge in [-0.15, -0.1) is 0 Å². The molecular formula is C9H16N2O2. The van der Waals surface area contributed by atoms with Crippen LogP contribution in [0.2, 0.25) is 0 Å². The molecule has 0 bridgehead atoms. The smallest absolute Gasteiger partial charge is 0.317 e. The lowest BCUT2D eigenvalue weighted by atomic mass is 10.1. The molecule has 13 heavy (non-hydrogen) atoms. The Hall–Kier alpha value is -0.770. The number of hydrogen-bond donors (Lipinski definition) is 1. The van der Waals surface area contributed by atoms with Crippen LogP contribution in [0.4, 0.5) is 4.79 Å². The van der Waals surface area contributed by atoms with Crippen LogP contribution in [0.1, 0.15) is 12.8 Å². The highest BCUT2D eigenvalue weighted by atomic mass is 16.5. The first-order chi connectivity index (χ1) is 6.36. The summed E-state index contributed by atoms with van der Waals surface area (Å²) in [7, 11) is 0. The maximum atomic E-state index is 11.4. The van der Waals surface area contributed by atoms with Gasteiger partial charge in [0.05, 0.1) is 6.61 Å². The number of urea groups is 1. The van der Waals surface area contributed by atoms with Crippen LogP contribution in [0, 0.1) is 5.92 Å². The molecule has 74 valence electrons. The summed E-state index contributed by atoms with van der Waals surface area (Å²) in [4.78, 5) is 13.3. The first-order valence-electron chi connectivity index (χ1n) is 4.97. The van der Waals surface area contributed by atoms with Crippen LogP contribution in [0.15, 0.2) is 0 Å². The van der Waals surface area contributed by atoms with Gasteiger partial charge >= 0.3 is 6.03 Å². The fraction of sp³-hybridized carbons (Fsp3) is 0.889. The Balaban J connectivity index is 1.81. The molecule has 2 heterocycles. The minimum atomic E-state index is 0.0955. The van der Waals surface area contributed by atoms with Gasteiger partial charge in [-0.05, 0) is 12.8 Å². The molecule has 2 saturated heterocycles. The lowest BCUT2D eigenvalue weighted by Crippen LogP contribution is -2.48.